The van der Waals surface area contributed by atoms with Crippen LogP contribution in [-0.2, 0) is 27.7 Å². The number of hydrogen-bond acceptors (Lipinski definition) is 6. The second kappa shape index (κ2) is 6.65. The van der Waals surface area contributed by atoms with E-state index >= 15 is 0 Å². The summed E-state index contributed by atoms with van der Waals surface area (Å²) in [7, 11) is 0. The molecule has 0 saturated carbocycles. The van der Waals surface area contributed by atoms with Crippen LogP contribution < -0.4 is 4.72 Å². The Balaban J connectivity index is 2.21. The molecule has 0 spiro atoms. The number of pyridine rings is 1. The summed E-state index contributed by atoms with van der Waals surface area (Å²) in [5, 5.41) is 10.2. The average molecular weight is 354 g/mol. The number of carbonyl (C=O) groups excluding carboxylic acids is 1. The first-order valence-corrected chi connectivity index (χ1v) is 8.01. The van der Waals surface area contributed by atoms with Crippen molar-refractivity contribution >= 4 is 30.3 Å². The van der Waals surface area contributed by atoms with Crippen molar-refractivity contribution in [3.05, 3.63) is 29.1 Å². The molecule has 1 amide bonds. The third-order valence-electron chi connectivity index (χ3n) is 3.34. The van der Waals surface area contributed by atoms with E-state index in [1.807, 2.05) is 0 Å². The zero-order valence-electron chi connectivity index (χ0n) is 11.4. The van der Waals surface area contributed by atoms with Gasteiger partial charge in [-0.1, -0.05) is 0 Å². The van der Waals surface area contributed by atoms with Crippen molar-refractivity contribution < 1.29 is 26.8 Å². The van der Waals surface area contributed by atoms with Gasteiger partial charge in [0.2, 0.25) is 0 Å². The summed E-state index contributed by atoms with van der Waals surface area (Å²) >= 11 is 0.398. The zero-order valence-corrected chi connectivity index (χ0v) is 13.1. The van der Waals surface area contributed by atoms with E-state index in [1.165, 1.54) is 12.3 Å². The maximum Gasteiger partial charge on any atom is 0.298 e. The molecule has 2 N–H and O–H groups in total. The van der Waals surface area contributed by atoms with Gasteiger partial charge in [-0.15, -0.1) is 3.89 Å². The Morgan fingerprint density at radius 3 is 2.95 bits per heavy atom. The van der Waals surface area contributed by atoms with Crippen LogP contribution in [0.5, 0.6) is 0 Å². The summed E-state index contributed by atoms with van der Waals surface area (Å²) in [4.78, 5) is 15.5. The molecule has 5 nitrogen and oxygen atoms in total. The van der Waals surface area contributed by atoms with Gasteiger partial charge in [0.25, 0.3) is 11.8 Å². The predicted octanol–water partition coefficient (Wildman–Crippen LogP) is 1.95. The Morgan fingerprint density at radius 1 is 1.59 bits per heavy atom. The normalized spacial score (nSPS) is 20.8. The van der Waals surface area contributed by atoms with Gasteiger partial charge >= 0.3 is 0 Å². The Morgan fingerprint density at radius 2 is 2.32 bits per heavy atom. The lowest BCUT2D eigenvalue weighted by Gasteiger charge is -2.18. The van der Waals surface area contributed by atoms with Crippen LogP contribution in [-0.4, -0.2) is 34.5 Å². The van der Waals surface area contributed by atoms with Gasteiger partial charge < -0.3 is 9.29 Å². The van der Waals surface area contributed by atoms with Crippen LogP contribution in [0.4, 0.5) is 12.7 Å². The highest BCUT2D eigenvalue weighted by Gasteiger charge is 2.44. The highest BCUT2D eigenvalue weighted by molar-refractivity contribution is 7.93. The molecule has 0 saturated heterocycles. The van der Waals surface area contributed by atoms with E-state index in [0.717, 1.165) is 18.2 Å². The van der Waals surface area contributed by atoms with Gasteiger partial charge in [-0.2, -0.15) is 8.78 Å². The standard InChI is InChI=1S/C12H13F3N2O3S2/c1-21-20-6-12(13,14)8-2-7-3-11(19,10(18)17-22-15)4-9(7)16-5-8/h2,5,19H,3-4,6H2,1H3,(H,17,18). The number of rotatable bonds is 6. The van der Waals surface area contributed by atoms with E-state index in [1.54, 1.807) is 4.72 Å². The molecule has 0 radical (unpaired) electrons. The molecule has 0 bridgehead atoms. The van der Waals surface area contributed by atoms with Gasteiger partial charge in [-0.3, -0.25) is 14.5 Å². The molecule has 1 unspecified atom stereocenters. The number of nitrogens with zero attached hydrogens (tertiary/aromatic N) is 1. The Kier molecular flexibility index (Phi) is 5.25. The first kappa shape index (κ1) is 17.4. The molecule has 1 aromatic heterocycles. The summed E-state index contributed by atoms with van der Waals surface area (Å²) < 4.78 is 46.4. The van der Waals surface area contributed by atoms with E-state index < -0.39 is 36.4 Å². The van der Waals surface area contributed by atoms with E-state index in [0.29, 0.717) is 11.3 Å². The minimum Gasteiger partial charge on any atom is -0.379 e. The fourth-order valence-corrected chi connectivity index (χ4v) is 2.74. The van der Waals surface area contributed by atoms with E-state index in [2.05, 4.69) is 9.17 Å². The first-order chi connectivity index (χ1) is 10.3. The molecule has 1 heterocycles. The molecule has 0 fully saturated rings. The third kappa shape index (κ3) is 3.50. The van der Waals surface area contributed by atoms with Gasteiger partial charge in [-0.25, -0.2) is 0 Å². The third-order valence-corrected chi connectivity index (χ3v) is 3.95. The number of carbonyl (C=O) groups is 1. The minimum absolute atomic E-state index is 0.151. The van der Waals surface area contributed by atoms with E-state index in [-0.39, 0.29) is 18.4 Å². The average Bonchev–Trinajstić information content (AvgIpc) is 2.82. The second-order valence-electron chi connectivity index (χ2n) is 4.86. The lowest BCUT2D eigenvalue weighted by atomic mass is 10.00. The maximum atomic E-state index is 13.9. The highest BCUT2D eigenvalue weighted by atomic mass is 32.2. The Labute approximate surface area is 133 Å². The van der Waals surface area contributed by atoms with Crippen LogP contribution in [0.25, 0.3) is 0 Å². The van der Waals surface area contributed by atoms with Crippen LogP contribution in [0, 0.1) is 0 Å². The predicted molar refractivity (Wildman–Crippen MR) is 76.8 cm³/mol. The molecule has 122 valence electrons. The summed E-state index contributed by atoms with van der Waals surface area (Å²) in [5.41, 5.74) is -1.56. The fraction of sp³-hybridized carbons (Fsp3) is 0.500. The Hall–Kier alpha value is -0.970. The van der Waals surface area contributed by atoms with Crippen LogP contribution in [0.3, 0.4) is 0 Å². The quantitative estimate of drug-likeness (QED) is 0.601. The smallest absolute Gasteiger partial charge is 0.298 e. The first-order valence-electron chi connectivity index (χ1n) is 6.14. The SMILES string of the molecule is CSOCC(F)(F)c1cnc2c(c1)CC(O)(C(=O)NSF)C2. The number of hydrogen-bond donors (Lipinski definition) is 2. The maximum absolute atomic E-state index is 13.9. The van der Waals surface area contributed by atoms with Crippen molar-refractivity contribution in [2.75, 3.05) is 12.9 Å². The highest BCUT2D eigenvalue weighted by Crippen LogP contribution is 2.35. The van der Waals surface area contributed by atoms with Crippen molar-refractivity contribution in [1.29, 1.82) is 0 Å². The molecule has 1 aliphatic carbocycles. The van der Waals surface area contributed by atoms with Crippen LogP contribution in [0.15, 0.2) is 12.3 Å². The fourth-order valence-electron chi connectivity index (χ4n) is 2.21. The number of aromatic nitrogens is 1. The molecule has 0 aliphatic heterocycles. The summed E-state index contributed by atoms with van der Waals surface area (Å²) in [6, 6.07) is 1.19. The second-order valence-corrected chi connectivity index (χ2v) is 5.78. The molecule has 1 aliphatic rings. The molecule has 22 heavy (non-hydrogen) atoms. The topological polar surface area (TPSA) is 71.5 Å². The molecule has 10 heteroatoms. The monoisotopic (exact) mass is 354 g/mol. The van der Waals surface area contributed by atoms with E-state index in [4.69, 9.17) is 0 Å². The zero-order chi connectivity index (χ0) is 16.4. The number of fused-ring (bicyclic) bond motifs is 1. The number of aliphatic hydroxyl groups is 1. The summed E-state index contributed by atoms with van der Waals surface area (Å²) in [5.74, 6) is -4.15. The molecule has 2 rings (SSSR count). The lowest BCUT2D eigenvalue weighted by molar-refractivity contribution is -0.136. The molecular weight excluding hydrogens is 341 g/mol. The van der Waals surface area contributed by atoms with Crippen molar-refractivity contribution in [3.63, 3.8) is 0 Å². The number of nitrogens with one attached hydrogen (secondary N) is 1. The van der Waals surface area contributed by atoms with Crippen molar-refractivity contribution in [1.82, 2.24) is 9.71 Å². The lowest BCUT2D eigenvalue weighted by Crippen LogP contribution is -2.45. The Bertz CT molecular complexity index is 577. The van der Waals surface area contributed by atoms with Gasteiger partial charge in [0.1, 0.15) is 6.61 Å². The van der Waals surface area contributed by atoms with Gasteiger partial charge in [0.05, 0.1) is 0 Å². The molecule has 1 aromatic rings. The van der Waals surface area contributed by atoms with Gasteiger partial charge in [0.15, 0.2) is 17.9 Å². The van der Waals surface area contributed by atoms with Crippen molar-refractivity contribution in [2.45, 2.75) is 24.4 Å². The molecule has 1 atom stereocenters. The van der Waals surface area contributed by atoms with Crippen LogP contribution in [0.2, 0.25) is 0 Å². The van der Waals surface area contributed by atoms with Crippen LogP contribution in [0.1, 0.15) is 16.8 Å². The largest absolute Gasteiger partial charge is 0.379 e. The summed E-state index contributed by atoms with van der Waals surface area (Å²) in [6.45, 7) is -0.808. The number of halogens is 3. The van der Waals surface area contributed by atoms with Crippen molar-refractivity contribution in [3.8, 4) is 0 Å². The minimum atomic E-state index is -3.23. The molecule has 0 aromatic carbocycles. The summed E-state index contributed by atoms with van der Waals surface area (Å²) in [6.07, 6.45) is 2.17. The number of alkyl halides is 2. The number of amides is 1. The van der Waals surface area contributed by atoms with Crippen molar-refractivity contribution in [2.24, 2.45) is 0 Å². The van der Waals surface area contributed by atoms with E-state index in [9.17, 15) is 22.6 Å². The molecular formula is C12H13F3N2O3S2. The van der Waals surface area contributed by atoms with Gasteiger partial charge in [-0.05, 0) is 23.7 Å². The van der Waals surface area contributed by atoms with Gasteiger partial charge in [0, 0.05) is 36.6 Å². The van der Waals surface area contributed by atoms with Crippen LogP contribution >= 0.6 is 24.4 Å².